The number of methoxy groups -OCH3 is 1. The van der Waals surface area contributed by atoms with E-state index in [4.69, 9.17) is 9.57 Å². The summed E-state index contributed by atoms with van der Waals surface area (Å²) in [5.74, 6) is 1.24. The molecule has 0 fully saturated rings. The van der Waals surface area contributed by atoms with Gasteiger partial charge in [-0.2, -0.15) is 0 Å². The minimum absolute atomic E-state index is 0.0971. The summed E-state index contributed by atoms with van der Waals surface area (Å²) in [6.45, 7) is 2.72. The van der Waals surface area contributed by atoms with Crippen molar-refractivity contribution >= 4 is 22.6 Å². The van der Waals surface area contributed by atoms with E-state index >= 15 is 0 Å². The van der Waals surface area contributed by atoms with Gasteiger partial charge < -0.3 is 18.7 Å². The molecule has 33 heavy (non-hydrogen) atoms. The predicted octanol–water partition coefficient (Wildman–Crippen LogP) is 4.52. The van der Waals surface area contributed by atoms with Crippen LogP contribution in [-0.2, 0) is 24.9 Å². The summed E-state index contributed by atoms with van der Waals surface area (Å²) in [5.41, 5.74) is 4.67. The molecule has 1 aliphatic carbocycles. The van der Waals surface area contributed by atoms with Crippen LogP contribution in [0.25, 0.3) is 10.9 Å². The van der Waals surface area contributed by atoms with Gasteiger partial charge in [0.15, 0.2) is 0 Å². The number of ether oxygens (including phenoxy) is 1. The molecule has 1 unspecified atom stereocenters. The third kappa shape index (κ3) is 3.80. The number of aryl methyl sites for hydroxylation is 2. The molecule has 0 amide bonds. The first-order chi connectivity index (χ1) is 16.1. The Hall–Kier alpha value is -3.87. The van der Waals surface area contributed by atoms with Gasteiger partial charge in [-0.3, -0.25) is 0 Å². The number of hydrogen-bond donors (Lipinski definition) is 0. The van der Waals surface area contributed by atoms with Gasteiger partial charge >= 0.3 is 5.97 Å². The van der Waals surface area contributed by atoms with Gasteiger partial charge in [-0.05, 0) is 50.1 Å². The molecule has 1 aliphatic rings. The van der Waals surface area contributed by atoms with Gasteiger partial charge in [0.1, 0.15) is 11.6 Å². The Balaban J connectivity index is 1.54. The van der Waals surface area contributed by atoms with Crippen molar-refractivity contribution in [2.24, 2.45) is 18.1 Å². The van der Waals surface area contributed by atoms with Gasteiger partial charge in [0, 0.05) is 54.1 Å². The van der Waals surface area contributed by atoms with E-state index in [1.54, 1.807) is 31.4 Å². The first-order valence-corrected chi connectivity index (χ1v) is 11.0. The van der Waals surface area contributed by atoms with Crippen molar-refractivity contribution in [1.29, 1.82) is 0 Å². The lowest BCUT2D eigenvalue weighted by Crippen LogP contribution is -2.28. The van der Waals surface area contributed by atoms with Crippen LogP contribution in [0.15, 0.2) is 66.1 Å². The van der Waals surface area contributed by atoms with E-state index in [0.717, 1.165) is 47.4 Å². The average molecular weight is 443 g/mol. The predicted molar refractivity (Wildman–Crippen MR) is 127 cm³/mol. The zero-order chi connectivity index (χ0) is 22.9. The van der Waals surface area contributed by atoms with Crippen molar-refractivity contribution in [2.75, 3.05) is 7.11 Å². The Bertz CT molecular complexity index is 1350. The number of fused-ring (bicyclic) bond motifs is 3. The second kappa shape index (κ2) is 8.58. The monoisotopic (exact) mass is 442 g/mol. The lowest BCUT2D eigenvalue weighted by Gasteiger charge is -2.25. The number of carbonyl (C=O) groups is 1. The van der Waals surface area contributed by atoms with Crippen LogP contribution in [0.1, 0.15) is 33.9 Å². The maximum Gasteiger partial charge on any atom is 0.365 e. The molecular weight excluding hydrogens is 416 g/mol. The van der Waals surface area contributed by atoms with Gasteiger partial charge in [-0.15, -0.1) is 0 Å². The van der Waals surface area contributed by atoms with Crippen LogP contribution in [0.5, 0.6) is 5.75 Å². The third-order valence-electron chi connectivity index (χ3n) is 6.49. The summed E-state index contributed by atoms with van der Waals surface area (Å²) in [4.78, 5) is 22.6. The van der Waals surface area contributed by atoms with Gasteiger partial charge in [0.25, 0.3) is 0 Å². The van der Waals surface area contributed by atoms with E-state index in [0.29, 0.717) is 11.3 Å². The highest BCUT2D eigenvalue weighted by Crippen LogP contribution is 2.35. The van der Waals surface area contributed by atoms with Gasteiger partial charge in [0.2, 0.25) is 0 Å². The number of benzene rings is 2. The Morgan fingerprint density at radius 3 is 2.70 bits per heavy atom. The molecule has 0 saturated heterocycles. The Morgan fingerprint density at radius 2 is 1.97 bits per heavy atom. The number of para-hydroxylation sites is 1. The van der Waals surface area contributed by atoms with Crippen LogP contribution in [0.2, 0.25) is 0 Å². The van der Waals surface area contributed by atoms with Crippen molar-refractivity contribution in [3.8, 4) is 5.75 Å². The lowest BCUT2D eigenvalue weighted by molar-refractivity contribution is 0.0513. The second-order valence-corrected chi connectivity index (χ2v) is 8.34. The van der Waals surface area contributed by atoms with Gasteiger partial charge in [0.05, 0.1) is 18.4 Å². The fourth-order valence-electron chi connectivity index (χ4n) is 4.68. The Kier molecular flexibility index (Phi) is 5.46. The molecule has 0 bridgehead atoms. The molecule has 0 N–H and O–H groups in total. The molecule has 2 aromatic heterocycles. The van der Waals surface area contributed by atoms with E-state index in [1.807, 2.05) is 31.5 Å². The summed E-state index contributed by atoms with van der Waals surface area (Å²) in [6, 6.07) is 15.1. The summed E-state index contributed by atoms with van der Waals surface area (Å²) < 4.78 is 9.52. The molecule has 0 radical (unpaired) electrons. The smallest absolute Gasteiger partial charge is 0.365 e. The third-order valence-corrected chi connectivity index (χ3v) is 6.49. The molecule has 2 aromatic carbocycles. The van der Waals surface area contributed by atoms with E-state index in [9.17, 15) is 4.79 Å². The fraction of sp³-hybridized carbons (Fsp3) is 0.269. The fourth-order valence-corrected chi connectivity index (χ4v) is 4.68. The average Bonchev–Trinajstić information content (AvgIpc) is 3.38. The number of imidazole rings is 1. The van der Waals surface area contributed by atoms with E-state index in [1.165, 1.54) is 5.69 Å². The topological polar surface area (TPSA) is 70.6 Å². The first-order valence-electron chi connectivity index (χ1n) is 11.0. The number of oxime groups is 1. The number of hydrogen-bond acceptors (Lipinski definition) is 5. The molecular formula is C26H26N4O3. The van der Waals surface area contributed by atoms with Crippen LogP contribution in [0.3, 0.4) is 0 Å². The van der Waals surface area contributed by atoms with Crippen LogP contribution < -0.4 is 4.74 Å². The lowest BCUT2D eigenvalue weighted by atomic mass is 9.84. The highest BCUT2D eigenvalue weighted by atomic mass is 16.7. The molecule has 168 valence electrons. The summed E-state index contributed by atoms with van der Waals surface area (Å²) >= 11 is 0. The molecule has 7 heteroatoms. The standard InChI is InChI=1S/C26H26N4O3/c1-17-27-14-15-30(17)16-19-10-13-23-24(21-6-4-5-7-22(21)29(23)2)25(19)28-33-26(31)18-8-11-20(32-3)12-9-18/h4-9,11-12,14-15,19H,10,13,16H2,1-3H3/b28-25+. The van der Waals surface area contributed by atoms with Crippen molar-refractivity contribution in [1.82, 2.24) is 14.1 Å². The normalized spacial score (nSPS) is 16.7. The van der Waals surface area contributed by atoms with Crippen LogP contribution in [0.4, 0.5) is 0 Å². The second-order valence-electron chi connectivity index (χ2n) is 8.34. The van der Waals surface area contributed by atoms with Crippen LogP contribution >= 0.6 is 0 Å². The number of nitrogens with zero attached hydrogens (tertiary/aromatic N) is 4. The molecule has 2 heterocycles. The summed E-state index contributed by atoms with van der Waals surface area (Å²) in [7, 11) is 3.68. The zero-order valence-corrected chi connectivity index (χ0v) is 19.0. The van der Waals surface area contributed by atoms with E-state index < -0.39 is 5.97 Å². The highest BCUT2D eigenvalue weighted by molar-refractivity contribution is 6.14. The molecule has 7 nitrogen and oxygen atoms in total. The molecule has 1 atom stereocenters. The summed E-state index contributed by atoms with van der Waals surface area (Å²) in [6.07, 6.45) is 5.63. The van der Waals surface area contributed by atoms with Crippen molar-refractivity contribution < 1.29 is 14.4 Å². The van der Waals surface area contributed by atoms with Crippen molar-refractivity contribution in [3.63, 3.8) is 0 Å². The Morgan fingerprint density at radius 1 is 1.18 bits per heavy atom. The van der Waals surface area contributed by atoms with Crippen molar-refractivity contribution in [2.45, 2.75) is 26.3 Å². The number of carbonyl (C=O) groups excluding carboxylic acids is 1. The zero-order valence-electron chi connectivity index (χ0n) is 19.0. The quantitative estimate of drug-likeness (QED) is 0.337. The number of aromatic nitrogens is 3. The molecule has 0 spiro atoms. The van der Waals surface area contributed by atoms with Gasteiger partial charge in [-0.1, -0.05) is 23.4 Å². The Labute approximate surface area is 192 Å². The number of rotatable bonds is 5. The maximum atomic E-state index is 12.8. The largest absolute Gasteiger partial charge is 0.497 e. The summed E-state index contributed by atoms with van der Waals surface area (Å²) in [5, 5.41) is 5.61. The van der Waals surface area contributed by atoms with Gasteiger partial charge in [-0.25, -0.2) is 9.78 Å². The molecule has 4 aromatic rings. The molecule has 0 aliphatic heterocycles. The first kappa shape index (κ1) is 21.0. The van der Waals surface area contributed by atoms with E-state index in [-0.39, 0.29) is 5.92 Å². The minimum Gasteiger partial charge on any atom is -0.497 e. The van der Waals surface area contributed by atoms with Crippen LogP contribution in [0, 0.1) is 12.8 Å². The van der Waals surface area contributed by atoms with Crippen LogP contribution in [-0.4, -0.2) is 32.9 Å². The van der Waals surface area contributed by atoms with E-state index in [2.05, 4.69) is 38.5 Å². The SMILES string of the molecule is COc1ccc(C(=O)O/N=C2/c3c(n(C)c4ccccc34)CCC2Cn2ccnc2C)cc1. The maximum absolute atomic E-state index is 12.8. The molecule has 5 rings (SSSR count). The van der Waals surface area contributed by atoms with Crippen molar-refractivity contribution in [3.05, 3.63) is 83.6 Å². The highest BCUT2D eigenvalue weighted by Gasteiger charge is 2.32. The minimum atomic E-state index is -0.491. The molecule has 0 saturated carbocycles.